The molecule has 0 aromatic heterocycles. The predicted molar refractivity (Wildman–Crippen MR) is 53.4 cm³/mol. The van der Waals surface area contributed by atoms with Crippen LogP contribution in [0.15, 0.2) is 4.99 Å². The summed E-state index contributed by atoms with van der Waals surface area (Å²) in [6.07, 6.45) is 3.78. The van der Waals surface area contributed by atoms with Gasteiger partial charge in [0.15, 0.2) is 5.96 Å². The molecule has 0 spiro atoms. The van der Waals surface area contributed by atoms with E-state index < -0.39 is 0 Å². The first-order valence-electron chi connectivity index (χ1n) is 4.96. The average molecular weight is 182 g/mol. The minimum Gasteiger partial charge on any atom is -0.370 e. The molecule has 0 aromatic rings. The van der Waals surface area contributed by atoms with Crippen molar-refractivity contribution in [3.05, 3.63) is 0 Å². The maximum absolute atomic E-state index is 5.41. The Hall–Kier alpha value is -0.770. The number of hydrogen-bond acceptors (Lipinski definition) is 2. The van der Waals surface area contributed by atoms with E-state index in [-0.39, 0.29) is 5.96 Å². The third-order valence-electron chi connectivity index (χ3n) is 3.32. The van der Waals surface area contributed by atoms with Crippen LogP contribution in [0.4, 0.5) is 0 Å². The Kier molecular flexibility index (Phi) is 2.15. The second kappa shape index (κ2) is 3.18. The lowest BCUT2D eigenvalue weighted by Gasteiger charge is -2.46. The first kappa shape index (κ1) is 8.81. The summed E-state index contributed by atoms with van der Waals surface area (Å²) in [6, 6.07) is 0.926. The molecule has 1 saturated carbocycles. The zero-order valence-electron chi connectivity index (χ0n) is 8.11. The van der Waals surface area contributed by atoms with Gasteiger partial charge in [-0.2, -0.15) is 0 Å². The minimum atomic E-state index is 0.242. The van der Waals surface area contributed by atoms with E-state index in [9.17, 15) is 0 Å². The van der Waals surface area contributed by atoms with Crippen molar-refractivity contribution in [3.8, 4) is 0 Å². The van der Waals surface area contributed by atoms with Gasteiger partial charge in [-0.3, -0.25) is 0 Å². The molecular weight excluding hydrogens is 164 g/mol. The van der Waals surface area contributed by atoms with Crippen LogP contribution in [0.3, 0.4) is 0 Å². The molecule has 13 heavy (non-hydrogen) atoms. The Labute approximate surface area is 79.0 Å². The highest BCUT2D eigenvalue weighted by molar-refractivity contribution is 5.75. The molecule has 74 valence electrons. The van der Waals surface area contributed by atoms with Gasteiger partial charge in [0.25, 0.3) is 0 Å². The second-order valence-corrected chi connectivity index (χ2v) is 4.31. The summed E-state index contributed by atoms with van der Waals surface area (Å²) in [5.74, 6) is 1.05. The Morgan fingerprint density at radius 2 is 2.15 bits per heavy atom. The van der Waals surface area contributed by atoms with Gasteiger partial charge in [-0.15, -0.1) is 0 Å². The van der Waals surface area contributed by atoms with Gasteiger partial charge < -0.3 is 16.4 Å². The third-order valence-corrected chi connectivity index (χ3v) is 3.32. The summed E-state index contributed by atoms with van der Waals surface area (Å²) in [5.41, 5.74) is 10.8. The number of hydrogen-bond donors (Lipinski definition) is 2. The zero-order valence-corrected chi connectivity index (χ0v) is 8.11. The number of guanidine groups is 1. The number of aliphatic imine (C=N–C) groups is 1. The van der Waals surface area contributed by atoms with E-state index in [1.54, 1.807) is 0 Å². The van der Waals surface area contributed by atoms with E-state index in [1.165, 1.54) is 25.8 Å². The molecule has 2 aliphatic heterocycles. The van der Waals surface area contributed by atoms with Crippen molar-refractivity contribution in [1.82, 2.24) is 4.90 Å². The molecular formula is C9H18N4. The minimum absolute atomic E-state index is 0.242. The van der Waals surface area contributed by atoms with Crippen LogP contribution in [0, 0.1) is 5.92 Å². The van der Waals surface area contributed by atoms with Gasteiger partial charge in [0.2, 0.25) is 0 Å². The van der Waals surface area contributed by atoms with E-state index >= 15 is 0 Å². The van der Waals surface area contributed by atoms with Gasteiger partial charge in [0, 0.05) is 12.6 Å². The third kappa shape index (κ3) is 1.63. The topological polar surface area (TPSA) is 67.6 Å². The molecule has 0 amide bonds. The van der Waals surface area contributed by atoms with Crippen LogP contribution >= 0.6 is 0 Å². The van der Waals surface area contributed by atoms with Crippen molar-refractivity contribution in [2.45, 2.75) is 31.3 Å². The highest BCUT2D eigenvalue weighted by Gasteiger charge is 2.38. The predicted octanol–water partition coefficient (Wildman–Crippen LogP) is -0.257. The highest BCUT2D eigenvalue weighted by Crippen LogP contribution is 2.35. The zero-order chi connectivity index (χ0) is 9.42. The molecule has 3 aliphatic rings. The Balaban J connectivity index is 2.10. The highest BCUT2D eigenvalue weighted by atomic mass is 15.2. The summed E-state index contributed by atoms with van der Waals surface area (Å²) in [4.78, 5) is 6.70. The maximum Gasteiger partial charge on any atom is 0.186 e. The van der Waals surface area contributed by atoms with E-state index in [2.05, 4.69) is 16.9 Å². The lowest BCUT2D eigenvalue weighted by molar-refractivity contribution is 0.0549. The standard InChI is InChI=1S/C9H18N4/c1-13-5-6-2-3-8(13)7(4-6)12-9(10)11/h6-8H,2-5H2,1H3,(H4,10,11,12). The molecule has 4 N–H and O–H groups in total. The van der Waals surface area contributed by atoms with E-state index in [1.807, 2.05) is 0 Å². The molecule has 3 unspecified atom stereocenters. The largest absolute Gasteiger partial charge is 0.370 e. The first-order valence-corrected chi connectivity index (χ1v) is 4.96. The van der Waals surface area contributed by atoms with Crippen LogP contribution in [0.2, 0.25) is 0 Å². The molecule has 3 rings (SSSR count). The van der Waals surface area contributed by atoms with Crippen molar-refractivity contribution in [2.24, 2.45) is 22.4 Å². The quantitative estimate of drug-likeness (QED) is 0.434. The monoisotopic (exact) mass is 182 g/mol. The maximum atomic E-state index is 5.41. The first-order chi connectivity index (χ1) is 6.16. The Morgan fingerprint density at radius 1 is 1.38 bits per heavy atom. The van der Waals surface area contributed by atoms with Crippen LogP contribution in [0.1, 0.15) is 19.3 Å². The smallest absolute Gasteiger partial charge is 0.186 e. The van der Waals surface area contributed by atoms with Gasteiger partial charge in [0.05, 0.1) is 6.04 Å². The molecule has 2 saturated heterocycles. The fourth-order valence-corrected chi connectivity index (χ4v) is 2.77. The number of fused-ring (bicyclic) bond motifs is 3. The van der Waals surface area contributed by atoms with Gasteiger partial charge in [-0.1, -0.05) is 0 Å². The van der Waals surface area contributed by atoms with Crippen LogP contribution in [0.25, 0.3) is 0 Å². The Morgan fingerprint density at radius 3 is 2.69 bits per heavy atom. The van der Waals surface area contributed by atoms with Crippen LogP contribution in [-0.2, 0) is 0 Å². The summed E-state index contributed by atoms with van der Waals surface area (Å²) < 4.78 is 0. The molecule has 2 heterocycles. The lowest BCUT2D eigenvalue weighted by Crippen LogP contribution is -2.53. The number of rotatable bonds is 1. The summed E-state index contributed by atoms with van der Waals surface area (Å²) in [6.45, 7) is 1.22. The van der Waals surface area contributed by atoms with Crippen LogP contribution in [-0.4, -0.2) is 36.5 Å². The van der Waals surface area contributed by atoms with Crippen LogP contribution in [0.5, 0.6) is 0 Å². The molecule has 1 aliphatic carbocycles. The van der Waals surface area contributed by atoms with E-state index in [0.29, 0.717) is 12.1 Å². The van der Waals surface area contributed by atoms with Gasteiger partial charge in [0.1, 0.15) is 0 Å². The SMILES string of the molecule is CN1CC2CCC1C(N=C(N)N)C2. The second-order valence-electron chi connectivity index (χ2n) is 4.31. The van der Waals surface area contributed by atoms with Crippen molar-refractivity contribution in [2.75, 3.05) is 13.6 Å². The van der Waals surface area contributed by atoms with Crippen molar-refractivity contribution < 1.29 is 0 Å². The summed E-state index contributed by atoms with van der Waals surface area (Å²) >= 11 is 0. The van der Waals surface area contributed by atoms with E-state index in [4.69, 9.17) is 11.5 Å². The Bertz CT molecular complexity index is 222. The number of likely N-dealkylation sites (N-methyl/N-ethyl adjacent to an activating group) is 1. The number of nitrogens with two attached hydrogens (primary N) is 2. The van der Waals surface area contributed by atoms with E-state index in [0.717, 1.165) is 5.92 Å². The van der Waals surface area contributed by atoms with Crippen molar-refractivity contribution >= 4 is 5.96 Å². The molecule has 3 atom stereocenters. The summed E-state index contributed by atoms with van der Waals surface area (Å²) in [5, 5.41) is 0. The van der Waals surface area contributed by atoms with Crippen molar-refractivity contribution in [3.63, 3.8) is 0 Å². The normalized spacial score (nSPS) is 39.0. The fraction of sp³-hybridized carbons (Fsp3) is 0.889. The molecule has 0 aromatic carbocycles. The molecule has 3 fully saturated rings. The lowest BCUT2D eigenvalue weighted by atomic mass is 9.77. The molecule has 2 bridgehead atoms. The van der Waals surface area contributed by atoms with Crippen molar-refractivity contribution in [1.29, 1.82) is 0 Å². The number of piperidine rings is 2. The summed E-state index contributed by atoms with van der Waals surface area (Å²) in [7, 11) is 2.17. The molecule has 4 nitrogen and oxygen atoms in total. The van der Waals surface area contributed by atoms with Gasteiger partial charge in [-0.05, 0) is 32.2 Å². The molecule has 4 heteroatoms. The fourth-order valence-electron chi connectivity index (χ4n) is 2.77. The average Bonchev–Trinajstić information content (AvgIpc) is 2.02. The van der Waals surface area contributed by atoms with Gasteiger partial charge >= 0.3 is 0 Å². The van der Waals surface area contributed by atoms with Crippen LogP contribution < -0.4 is 11.5 Å². The molecule has 0 radical (unpaired) electrons. The number of nitrogens with zero attached hydrogens (tertiary/aromatic N) is 2. The van der Waals surface area contributed by atoms with Gasteiger partial charge in [-0.25, -0.2) is 4.99 Å².